The lowest BCUT2D eigenvalue weighted by atomic mass is 9.95. The van der Waals surface area contributed by atoms with E-state index in [2.05, 4.69) is 48.6 Å². The van der Waals surface area contributed by atoms with Crippen molar-refractivity contribution < 1.29 is 4.79 Å². The summed E-state index contributed by atoms with van der Waals surface area (Å²) in [6.45, 7) is 2.08. The first kappa shape index (κ1) is 18.9. The second-order valence-corrected chi connectivity index (χ2v) is 7.00. The molecule has 0 unspecified atom stereocenters. The average molecular weight is 358 g/mol. The molecule has 0 bridgehead atoms. The van der Waals surface area contributed by atoms with E-state index in [-0.39, 0.29) is 11.9 Å². The summed E-state index contributed by atoms with van der Waals surface area (Å²) < 4.78 is 0. The monoisotopic (exact) mass is 358 g/mol. The number of carbonyl (C=O) groups is 1. The van der Waals surface area contributed by atoms with Crippen LogP contribution in [-0.2, 0) is 4.79 Å². The molecule has 0 heterocycles. The molecule has 0 fully saturated rings. The number of likely N-dealkylation sites (N-methyl/N-ethyl adjacent to an activating group) is 1. The van der Waals surface area contributed by atoms with Crippen LogP contribution in [-0.4, -0.2) is 24.9 Å². The van der Waals surface area contributed by atoms with E-state index in [9.17, 15) is 4.79 Å². The van der Waals surface area contributed by atoms with Crippen molar-refractivity contribution in [2.24, 2.45) is 0 Å². The first-order chi connectivity index (χ1) is 13.1. The van der Waals surface area contributed by atoms with Crippen LogP contribution in [0.2, 0.25) is 0 Å². The zero-order valence-corrected chi connectivity index (χ0v) is 16.1. The molecular weight excluding hydrogens is 332 g/mol. The van der Waals surface area contributed by atoms with Crippen molar-refractivity contribution in [1.82, 2.24) is 10.2 Å². The molecule has 0 aliphatic carbocycles. The first-order valence-corrected chi connectivity index (χ1v) is 9.20. The molecule has 0 spiro atoms. The highest BCUT2D eigenvalue weighted by Gasteiger charge is 2.26. The Morgan fingerprint density at radius 3 is 1.74 bits per heavy atom. The van der Waals surface area contributed by atoms with Crippen molar-refractivity contribution in [3.63, 3.8) is 0 Å². The Kier molecular flexibility index (Phi) is 6.05. The molecule has 1 amide bonds. The largest absolute Gasteiger partial charge is 0.347 e. The maximum Gasteiger partial charge on any atom is 0.243 e. The van der Waals surface area contributed by atoms with E-state index in [1.807, 2.05) is 48.5 Å². The summed E-state index contributed by atoms with van der Waals surface area (Å²) >= 11 is 0. The first-order valence-electron chi connectivity index (χ1n) is 9.20. The van der Waals surface area contributed by atoms with Crippen LogP contribution < -0.4 is 5.32 Å². The Hall–Kier alpha value is -2.91. The van der Waals surface area contributed by atoms with Crippen LogP contribution in [0.3, 0.4) is 0 Å². The molecule has 3 heteroatoms. The Morgan fingerprint density at radius 2 is 1.22 bits per heavy atom. The number of rotatable bonds is 6. The van der Waals surface area contributed by atoms with Crippen LogP contribution >= 0.6 is 0 Å². The summed E-state index contributed by atoms with van der Waals surface area (Å²) in [4.78, 5) is 14.6. The van der Waals surface area contributed by atoms with Crippen LogP contribution in [0, 0.1) is 6.92 Å². The molecule has 0 radical (unpaired) electrons. The molecule has 0 aliphatic rings. The van der Waals surface area contributed by atoms with Gasteiger partial charge in [-0.1, -0.05) is 90.5 Å². The van der Waals surface area contributed by atoms with Crippen molar-refractivity contribution in [3.8, 4) is 0 Å². The Balaban J connectivity index is 2.02. The molecule has 27 heavy (non-hydrogen) atoms. The van der Waals surface area contributed by atoms with Crippen molar-refractivity contribution >= 4 is 5.91 Å². The van der Waals surface area contributed by atoms with E-state index in [4.69, 9.17) is 0 Å². The third kappa shape index (κ3) is 4.63. The smallest absolute Gasteiger partial charge is 0.243 e. The van der Waals surface area contributed by atoms with Crippen molar-refractivity contribution in [2.75, 3.05) is 14.1 Å². The highest BCUT2D eigenvalue weighted by molar-refractivity contribution is 5.83. The summed E-state index contributed by atoms with van der Waals surface area (Å²) in [6.07, 6.45) is 0. The minimum Gasteiger partial charge on any atom is -0.347 e. The van der Waals surface area contributed by atoms with Gasteiger partial charge in [0, 0.05) is 14.1 Å². The average Bonchev–Trinajstić information content (AvgIpc) is 2.70. The van der Waals surface area contributed by atoms with Gasteiger partial charge in [-0.05, 0) is 23.6 Å². The summed E-state index contributed by atoms with van der Waals surface area (Å²) in [7, 11) is 3.59. The van der Waals surface area contributed by atoms with Crippen molar-refractivity contribution in [2.45, 2.75) is 19.0 Å². The van der Waals surface area contributed by atoms with Gasteiger partial charge in [-0.15, -0.1) is 0 Å². The predicted octanol–water partition coefficient (Wildman–Crippen LogP) is 4.50. The second-order valence-electron chi connectivity index (χ2n) is 7.00. The number of nitrogens with one attached hydrogen (secondary N) is 1. The molecule has 0 saturated heterocycles. The fourth-order valence-electron chi connectivity index (χ4n) is 3.17. The van der Waals surface area contributed by atoms with E-state index >= 15 is 0 Å². The Bertz CT molecular complexity index is 858. The molecule has 3 rings (SSSR count). The van der Waals surface area contributed by atoms with Gasteiger partial charge in [0.25, 0.3) is 0 Å². The van der Waals surface area contributed by atoms with Gasteiger partial charge in [-0.2, -0.15) is 0 Å². The van der Waals surface area contributed by atoms with Gasteiger partial charge < -0.3 is 4.90 Å². The molecule has 138 valence electrons. The third-order valence-electron chi connectivity index (χ3n) is 4.70. The number of benzene rings is 3. The molecular formula is C24H26N2O. The molecule has 1 N–H and O–H groups in total. The lowest BCUT2D eigenvalue weighted by Crippen LogP contribution is -2.39. The van der Waals surface area contributed by atoms with Crippen molar-refractivity contribution in [1.29, 1.82) is 0 Å². The van der Waals surface area contributed by atoms with Gasteiger partial charge in [-0.3, -0.25) is 10.1 Å². The van der Waals surface area contributed by atoms with Gasteiger partial charge in [0.15, 0.2) is 0 Å². The SMILES string of the molecule is Cc1ccc([C@@H](N[C@@H](C(=O)N(C)C)c2ccccc2)c2ccccc2)cc1. The van der Waals surface area contributed by atoms with Crippen LogP contribution in [0.1, 0.15) is 34.3 Å². The van der Waals surface area contributed by atoms with Gasteiger partial charge in [0.05, 0.1) is 6.04 Å². The van der Waals surface area contributed by atoms with Gasteiger partial charge >= 0.3 is 0 Å². The Morgan fingerprint density at radius 1 is 0.741 bits per heavy atom. The number of nitrogens with zero attached hydrogens (tertiary/aromatic N) is 1. The standard InChI is InChI=1S/C24H26N2O/c1-18-14-16-21(17-15-18)22(19-10-6-4-7-11-19)25-23(24(27)26(2)3)20-12-8-5-9-13-20/h4-17,22-23,25H,1-3H3/t22-,23+/m0/s1. The molecule has 3 nitrogen and oxygen atoms in total. The van der Waals surface area contributed by atoms with E-state index in [0.717, 1.165) is 16.7 Å². The topological polar surface area (TPSA) is 32.3 Å². The van der Waals surface area contributed by atoms with E-state index in [0.29, 0.717) is 0 Å². The minimum absolute atomic E-state index is 0.0363. The Labute approximate surface area is 161 Å². The predicted molar refractivity (Wildman–Crippen MR) is 110 cm³/mol. The van der Waals surface area contributed by atoms with Crippen LogP contribution in [0.25, 0.3) is 0 Å². The molecule has 0 aromatic heterocycles. The highest BCUT2D eigenvalue weighted by Crippen LogP contribution is 2.27. The number of amides is 1. The number of aryl methyl sites for hydroxylation is 1. The summed E-state index contributed by atoms with van der Waals surface area (Å²) in [5.74, 6) is 0.0363. The second kappa shape index (κ2) is 8.65. The summed E-state index contributed by atoms with van der Waals surface area (Å²) in [5.41, 5.74) is 4.45. The third-order valence-corrected chi connectivity index (χ3v) is 4.70. The fourth-order valence-corrected chi connectivity index (χ4v) is 3.17. The van der Waals surface area contributed by atoms with E-state index in [1.54, 1.807) is 19.0 Å². The quantitative estimate of drug-likeness (QED) is 0.703. The molecule has 2 atom stereocenters. The van der Waals surface area contributed by atoms with Gasteiger partial charge in [0.1, 0.15) is 6.04 Å². The zero-order chi connectivity index (χ0) is 19.2. The summed E-state index contributed by atoms with van der Waals surface area (Å²) in [6, 6.07) is 28.1. The van der Waals surface area contributed by atoms with Crippen LogP contribution in [0.4, 0.5) is 0 Å². The van der Waals surface area contributed by atoms with Gasteiger partial charge in [-0.25, -0.2) is 0 Å². The molecule has 0 saturated carbocycles. The van der Waals surface area contributed by atoms with E-state index in [1.165, 1.54) is 5.56 Å². The number of carbonyl (C=O) groups excluding carboxylic acids is 1. The summed E-state index contributed by atoms with van der Waals surface area (Å²) in [5, 5.41) is 3.61. The maximum atomic E-state index is 13.0. The molecule has 3 aromatic carbocycles. The minimum atomic E-state index is -0.423. The van der Waals surface area contributed by atoms with Crippen LogP contribution in [0.5, 0.6) is 0 Å². The lowest BCUT2D eigenvalue weighted by molar-refractivity contribution is -0.131. The molecule has 0 aliphatic heterocycles. The highest BCUT2D eigenvalue weighted by atomic mass is 16.2. The lowest BCUT2D eigenvalue weighted by Gasteiger charge is -2.28. The zero-order valence-electron chi connectivity index (χ0n) is 16.1. The number of hydrogen-bond acceptors (Lipinski definition) is 2. The van der Waals surface area contributed by atoms with Crippen LogP contribution in [0.15, 0.2) is 84.9 Å². The number of hydrogen-bond donors (Lipinski definition) is 1. The normalized spacial score (nSPS) is 13.0. The van der Waals surface area contributed by atoms with Crippen molar-refractivity contribution in [3.05, 3.63) is 107 Å². The molecule has 3 aromatic rings. The fraction of sp³-hybridized carbons (Fsp3) is 0.208. The van der Waals surface area contributed by atoms with Gasteiger partial charge in [0.2, 0.25) is 5.91 Å². The van der Waals surface area contributed by atoms with E-state index < -0.39 is 6.04 Å². The maximum absolute atomic E-state index is 13.0.